The molecule has 0 radical (unpaired) electrons. The Morgan fingerprint density at radius 3 is 2.38 bits per heavy atom. The summed E-state index contributed by atoms with van der Waals surface area (Å²) in [6.07, 6.45) is -2.51. The van der Waals surface area contributed by atoms with E-state index in [1.54, 1.807) is 19.1 Å². The molecule has 0 aromatic heterocycles. The minimum Gasteiger partial charge on any atom is -0.495 e. The van der Waals surface area contributed by atoms with Gasteiger partial charge in [-0.2, -0.15) is 0 Å². The Hall–Kier alpha value is -0.640. The van der Waals surface area contributed by atoms with Gasteiger partial charge in [-0.3, -0.25) is 0 Å². The monoisotopic (exact) mass is 250 g/mol. The van der Waals surface area contributed by atoms with Crippen LogP contribution in [0.5, 0.6) is 5.75 Å². The molecule has 0 fully saturated rings. The van der Waals surface area contributed by atoms with Gasteiger partial charge in [-0.25, -0.2) is 8.78 Å². The highest BCUT2D eigenvalue weighted by atomic mass is 79.9. The van der Waals surface area contributed by atoms with Crippen LogP contribution in [0.15, 0.2) is 16.6 Å². The number of halogens is 3. The quantitative estimate of drug-likeness (QED) is 0.778. The van der Waals surface area contributed by atoms with E-state index in [4.69, 9.17) is 4.74 Å². The van der Waals surface area contributed by atoms with E-state index in [2.05, 4.69) is 15.9 Å². The second-order valence-electron chi connectivity index (χ2n) is 2.61. The third-order valence-electron chi connectivity index (χ3n) is 1.79. The highest BCUT2D eigenvalue weighted by molar-refractivity contribution is 9.10. The molecule has 0 atom stereocenters. The molecule has 4 heteroatoms. The van der Waals surface area contributed by atoms with Crippen LogP contribution >= 0.6 is 15.9 Å². The average molecular weight is 251 g/mol. The summed E-state index contributed by atoms with van der Waals surface area (Å²) in [4.78, 5) is 0. The van der Waals surface area contributed by atoms with Gasteiger partial charge in [0.1, 0.15) is 5.75 Å². The van der Waals surface area contributed by atoms with Crippen molar-refractivity contribution in [2.45, 2.75) is 13.3 Å². The lowest BCUT2D eigenvalue weighted by atomic mass is 10.1. The first-order chi connectivity index (χ1) is 6.07. The number of aryl methyl sites for hydroxylation is 1. The smallest absolute Gasteiger partial charge is 0.267 e. The average Bonchev–Trinajstić information content (AvgIpc) is 2.07. The van der Waals surface area contributed by atoms with Gasteiger partial charge in [0, 0.05) is 0 Å². The van der Waals surface area contributed by atoms with Crippen molar-refractivity contribution in [2.24, 2.45) is 0 Å². The number of rotatable bonds is 2. The largest absolute Gasteiger partial charge is 0.495 e. The molecule has 0 spiro atoms. The van der Waals surface area contributed by atoms with Crippen molar-refractivity contribution < 1.29 is 13.5 Å². The molecule has 0 aliphatic heterocycles. The fourth-order valence-electron chi connectivity index (χ4n) is 1.15. The second-order valence-corrected chi connectivity index (χ2v) is 3.47. The third kappa shape index (κ3) is 1.99. The summed E-state index contributed by atoms with van der Waals surface area (Å²) >= 11 is 3.15. The number of methoxy groups -OCH3 is 1. The lowest BCUT2D eigenvalue weighted by Gasteiger charge is -2.12. The topological polar surface area (TPSA) is 9.23 Å². The van der Waals surface area contributed by atoms with Crippen molar-refractivity contribution in [3.63, 3.8) is 0 Å². The Morgan fingerprint density at radius 2 is 2.00 bits per heavy atom. The molecule has 1 rings (SSSR count). The molecule has 1 aromatic rings. The molecular formula is C9H9BrF2O. The summed E-state index contributed by atoms with van der Waals surface area (Å²) in [6, 6.07) is 3.33. The summed E-state index contributed by atoms with van der Waals surface area (Å²) in [6.45, 7) is 1.64. The molecule has 0 saturated heterocycles. The molecule has 0 bridgehead atoms. The molecule has 0 unspecified atom stereocenters. The zero-order chi connectivity index (χ0) is 10.0. The van der Waals surface area contributed by atoms with Crippen molar-refractivity contribution in [3.8, 4) is 5.75 Å². The van der Waals surface area contributed by atoms with Crippen molar-refractivity contribution in [1.29, 1.82) is 0 Å². The third-order valence-corrected chi connectivity index (χ3v) is 2.41. The Labute approximate surface area is 83.8 Å². The van der Waals surface area contributed by atoms with E-state index >= 15 is 0 Å². The van der Waals surface area contributed by atoms with Crippen LogP contribution in [-0.2, 0) is 0 Å². The molecule has 0 heterocycles. The molecule has 13 heavy (non-hydrogen) atoms. The van der Waals surface area contributed by atoms with Gasteiger partial charge < -0.3 is 4.74 Å². The molecule has 0 aliphatic rings. The van der Waals surface area contributed by atoms with Crippen LogP contribution in [0.2, 0.25) is 0 Å². The highest BCUT2D eigenvalue weighted by Crippen LogP contribution is 2.37. The van der Waals surface area contributed by atoms with Gasteiger partial charge in [-0.1, -0.05) is 6.07 Å². The molecule has 1 aromatic carbocycles. The molecule has 0 saturated carbocycles. The fraction of sp³-hybridized carbons (Fsp3) is 0.333. The van der Waals surface area contributed by atoms with E-state index in [1.807, 2.05) is 0 Å². The Balaban J connectivity index is 3.35. The van der Waals surface area contributed by atoms with Crippen LogP contribution in [0, 0.1) is 6.92 Å². The van der Waals surface area contributed by atoms with Crippen LogP contribution in [0.3, 0.4) is 0 Å². The van der Waals surface area contributed by atoms with Gasteiger partial charge >= 0.3 is 0 Å². The van der Waals surface area contributed by atoms with Crippen LogP contribution in [-0.4, -0.2) is 7.11 Å². The maximum Gasteiger partial charge on any atom is 0.267 e. The number of hydrogen-bond donors (Lipinski definition) is 0. The molecule has 72 valence electrons. The number of alkyl halides is 2. The Kier molecular flexibility index (Phi) is 3.25. The molecule has 0 amide bonds. The van der Waals surface area contributed by atoms with E-state index in [-0.39, 0.29) is 11.3 Å². The zero-order valence-corrected chi connectivity index (χ0v) is 8.86. The lowest BCUT2D eigenvalue weighted by Crippen LogP contribution is -1.96. The van der Waals surface area contributed by atoms with Gasteiger partial charge in [-0.05, 0) is 34.5 Å². The summed E-state index contributed by atoms with van der Waals surface area (Å²) in [5, 5.41) is 0. The second kappa shape index (κ2) is 4.05. The Bertz CT molecular complexity index is 313. The number of hydrogen-bond acceptors (Lipinski definition) is 1. The molecule has 0 aliphatic carbocycles. The van der Waals surface area contributed by atoms with Crippen molar-refractivity contribution in [2.75, 3.05) is 7.11 Å². The standard InChI is InChI=1S/C9H9BrF2O/c1-5-3-4-6(10)8(13-2)7(5)9(11)12/h3-4,9H,1-2H3. The van der Waals surface area contributed by atoms with Gasteiger partial charge in [-0.15, -0.1) is 0 Å². The van der Waals surface area contributed by atoms with Crippen LogP contribution in [0.4, 0.5) is 8.78 Å². The summed E-state index contributed by atoms with van der Waals surface area (Å²) in [5.41, 5.74) is 0.493. The van der Waals surface area contributed by atoms with Crippen molar-refractivity contribution in [3.05, 3.63) is 27.7 Å². The van der Waals surface area contributed by atoms with Crippen molar-refractivity contribution >= 4 is 15.9 Å². The first-order valence-electron chi connectivity index (χ1n) is 3.69. The van der Waals surface area contributed by atoms with Gasteiger partial charge in [0.2, 0.25) is 0 Å². The number of ether oxygens (including phenoxy) is 1. The van der Waals surface area contributed by atoms with Crippen LogP contribution < -0.4 is 4.74 Å². The minimum absolute atomic E-state index is 0.0446. The summed E-state index contributed by atoms with van der Waals surface area (Å²) in [5.74, 6) is 0.218. The minimum atomic E-state index is -2.51. The number of benzene rings is 1. The lowest BCUT2D eigenvalue weighted by molar-refractivity contribution is 0.146. The predicted octanol–water partition coefficient (Wildman–Crippen LogP) is 3.70. The SMILES string of the molecule is COc1c(Br)ccc(C)c1C(F)F. The van der Waals surface area contributed by atoms with Gasteiger partial charge in [0.05, 0.1) is 17.1 Å². The van der Waals surface area contributed by atoms with Crippen LogP contribution in [0.1, 0.15) is 17.6 Å². The highest BCUT2D eigenvalue weighted by Gasteiger charge is 2.18. The maximum atomic E-state index is 12.6. The van der Waals surface area contributed by atoms with Crippen molar-refractivity contribution in [1.82, 2.24) is 0 Å². The maximum absolute atomic E-state index is 12.6. The summed E-state index contributed by atoms with van der Waals surface area (Å²) < 4.78 is 30.6. The van der Waals surface area contributed by atoms with E-state index in [9.17, 15) is 8.78 Å². The molecule has 0 N–H and O–H groups in total. The fourth-order valence-corrected chi connectivity index (χ4v) is 1.66. The molecule has 1 nitrogen and oxygen atoms in total. The van der Waals surface area contributed by atoms with Crippen LogP contribution in [0.25, 0.3) is 0 Å². The van der Waals surface area contributed by atoms with E-state index in [0.29, 0.717) is 10.0 Å². The van der Waals surface area contributed by atoms with E-state index < -0.39 is 6.43 Å². The Morgan fingerprint density at radius 1 is 1.38 bits per heavy atom. The van der Waals surface area contributed by atoms with Gasteiger partial charge in [0.15, 0.2) is 0 Å². The van der Waals surface area contributed by atoms with Gasteiger partial charge in [0.25, 0.3) is 6.43 Å². The first-order valence-corrected chi connectivity index (χ1v) is 4.48. The van der Waals surface area contributed by atoms with E-state index in [0.717, 1.165) is 0 Å². The molecular weight excluding hydrogens is 242 g/mol. The predicted molar refractivity (Wildman–Crippen MR) is 50.4 cm³/mol. The first kappa shape index (κ1) is 10.4. The normalized spacial score (nSPS) is 10.6. The summed E-state index contributed by atoms with van der Waals surface area (Å²) in [7, 11) is 1.38. The zero-order valence-electron chi connectivity index (χ0n) is 7.27. The van der Waals surface area contributed by atoms with E-state index in [1.165, 1.54) is 7.11 Å².